The molecule has 496 valence electrons. The third kappa shape index (κ3) is 26.1. The number of fused-ring (bicyclic) bond motifs is 2. The molecule has 0 amide bonds. The molecule has 14 nitrogen and oxygen atoms in total. The second-order valence-electron chi connectivity index (χ2n) is 26.1. The Kier molecular flexibility index (Phi) is 40.4. The van der Waals surface area contributed by atoms with Crippen LogP contribution in [0.1, 0.15) is 199 Å². The number of aliphatic hydroxyl groups excluding tert-OH is 3. The van der Waals surface area contributed by atoms with Crippen molar-refractivity contribution in [1.82, 2.24) is 0 Å². The first-order chi connectivity index (χ1) is 39.6. The van der Waals surface area contributed by atoms with Crippen molar-refractivity contribution in [3.8, 4) is 12.3 Å². The van der Waals surface area contributed by atoms with E-state index < -0.39 is 42.2 Å². The molecule has 85 heavy (non-hydrogen) atoms. The van der Waals surface area contributed by atoms with Crippen molar-refractivity contribution < 1.29 is 67.8 Å². The molecule has 14 atom stereocenters. The van der Waals surface area contributed by atoms with Crippen LogP contribution in [0, 0.1) is 58.7 Å². The molecule has 0 radical (unpaired) electrons. The minimum Gasteiger partial charge on any atom is -0.396 e. The summed E-state index contributed by atoms with van der Waals surface area (Å²) >= 11 is 3.63. The molecule has 5 aliphatic carbocycles. The average Bonchev–Trinajstić information content (AvgIpc) is 3.40. The number of aliphatic hydroxyl groups is 4. The van der Waals surface area contributed by atoms with E-state index in [1.807, 2.05) is 13.8 Å². The fraction of sp³-hybridized carbons (Fsp3) is 0.829. The SMILES string of the molecule is C.C.C#CC[C@@H](OCOC)[C@@H](OCCCOCOC)[C@@H](C=C)OCOC.C=C1/C(=C\C=C2/CCC[C@]3(C)[C@@H]([C@H](C)CCCC(C)(C)O)CC[C@@H]23)C[C@@H](O)[C@@H](OCCCO)[C@@H]1O.COCOC(C)(C)CCC[C@@H](C)[C@H]1CC[C@H]2/C(=C/Br)CCC[C@]12C. The summed E-state index contributed by atoms with van der Waals surface area (Å²) in [5.41, 5.74) is 4.92. The minimum absolute atomic E-state index is 0. The molecule has 5 fully saturated rings. The number of hydrogen-bond acceptors (Lipinski definition) is 14. The van der Waals surface area contributed by atoms with Gasteiger partial charge in [0.25, 0.3) is 0 Å². The highest BCUT2D eigenvalue weighted by atomic mass is 79.9. The molecule has 4 N–H and O–H groups in total. The van der Waals surface area contributed by atoms with Crippen LogP contribution in [0.15, 0.2) is 58.7 Å². The molecule has 5 rings (SSSR count). The van der Waals surface area contributed by atoms with Gasteiger partial charge in [0.15, 0.2) is 0 Å². The van der Waals surface area contributed by atoms with E-state index in [-0.39, 0.29) is 47.4 Å². The first-order valence-electron chi connectivity index (χ1n) is 31.3. The largest absolute Gasteiger partial charge is 0.396 e. The molecule has 0 aromatic carbocycles. The van der Waals surface area contributed by atoms with Gasteiger partial charge in [-0.2, -0.15) is 0 Å². The van der Waals surface area contributed by atoms with Crippen molar-refractivity contribution in [3.05, 3.63) is 58.7 Å². The van der Waals surface area contributed by atoms with E-state index in [4.69, 9.17) is 58.9 Å². The van der Waals surface area contributed by atoms with Crippen LogP contribution in [0.3, 0.4) is 0 Å². The number of methoxy groups -OCH3 is 4. The lowest BCUT2D eigenvalue weighted by atomic mass is 9.60. The predicted molar refractivity (Wildman–Crippen MR) is 349 cm³/mol. The van der Waals surface area contributed by atoms with Gasteiger partial charge in [-0.3, -0.25) is 0 Å². The van der Waals surface area contributed by atoms with Crippen LogP contribution in [0.4, 0.5) is 0 Å². The second kappa shape index (κ2) is 42.3. The van der Waals surface area contributed by atoms with Gasteiger partial charge in [0, 0.05) is 61.1 Å². The van der Waals surface area contributed by atoms with Gasteiger partial charge in [-0.1, -0.05) is 120 Å². The number of ether oxygens (including phenoxy) is 10. The Balaban J connectivity index is 0.000000649. The number of hydrogen-bond donors (Lipinski definition) is 4. The lowest BCUT2D eigenvalue weighted by Gasteiger charge is -2.44. The van der Waals surface area contributed by atoms with Crippen molar-refractivity contribution >= 4 is 15.9 Å². The van der Waals surface area contributed by atoms with E-state index >= 15 is 0 Å². The van der Waals surface area contributed by atoms with Gasteiger partial charge in [0.1, 0.15) is 57.7 Å². The van der Waals surface area contributed by atoms with Gasteiger partial charge >= 0.3 is 0 Å². The van der Waals surface area contributed by atoms with Crippen LogP contribution in [-0.4, -0.2) is 150 Å². The zero-order chi connectivity index (χ0) is 61.6. The van der Waals surface area contributed by atoms with Crippen LogP contribution in [0.25, 0.3) is 0 Å². The zero-order valence-electron chi connectivity index (χ0n) is 53.8. The quantitative estimate of drug-likeness (QED) is 0.0204. The molecule has 0 saturated heterocycles. The van der Waals surface area contributed by atoms with E-state index in [2.05, 4.69) is 93.7 Å². The van der Waals surface area contributed by atoms with Crippen LogP contribution in [0.5, 0.6) is 0 Å². The average molecular weight is 1270 g/mol. The summed E-state index contributed by atoms with van der Waals surface area (Å²) in [6.45, 7) is 28.2. The Hall–Kier alpha value is -1.82. The molecule has 0 unspecified atom stereocenters. The second-order valence-corrected chi connectivity index (χ2v) is 26.6. The van der Waals surface area contributed by atoms with Crippen LogP contribution >= 0.6 is 15.9 Å². The summed E-state index contributed by atoms with van der Waals surface area (Å²) in [6, 6.07) is 0. The number of terminal acetylenes is 1. The normalized spacial score (nSPS) is 29.0. The van der Waals surface area contributed by atoms with E-state index in [0.717, 1.165) is 54.9 Å². The standard InChI is InChI=1S/C30H50O5.C21H37BrO2.C17H30O7.2CH4/c1-20(9-6-15-29(3,4)34)24-13-14-25-22(10-7-16-30(24,25)5)11-12-23-19-26(32)28(27(33)21(23)2)35-18-8-17-31;1-16(8-6-12-20(2,3)24-15-23-5)18-10-11-19-17(14-22)9-7-13-21(18,19)4;1-6-9-16(24-14-20-5)17(15(7-2)23-13-19-4)22-11-8-10-21-12-18-3;;/h11-12,20,24-28,31-34H,2,6-10,13-19H2,1,3-5H3;14,16,18-19H,6-13,15H2,1-5H3;1,7,15-17H,2,8-14H2,3-5H3;2*1H4/b22-11+,23-12-;17-14+;;;/t20-,24-,25+,26-,27-,28-,30-;16-,18-,19+,21-;15-,16-,17+;;/m111../s1. The Morgan fingerprint density at radius 1 is 0.741 bits per heavy atom. The van der Waals surface area contributed by atoms with Crippen molar-refractivity contribution in [2.45, 2.75) is 246 Å². The van der Waals surface area contributed by atoms with E-state index in [0.29, 0.717) is 80.5 Å². The Labute approximate surface area is 527 Å². The fourth-order valence-electron chi connectivity index (χ4n) is 14.6. The lowest BCUT2D eigenvalue weighted by molar-refractivity contribution is -0.174. The van der Waals surface area contributed by atoms with Gasteiger partial charge in [-0.15, -0.1) is 18.9 Å². The zero-order valence-corrected chi connectivity index (χ0v) is 55.4. The third-order valence-electron chi connectivity index (χ3n) is 19.0. The van der Waals surface area contributed by atoms with Crippen molar-refractivity contribution in [2.24, 2.45) is 46.3 Å². The minimum atomic E-state index is -0.931. The summed E-state index contributed by atoms with van der Waals surface area (Å²) in [6.07, 6.45) is 29.5. The molecule has 0 spiro atoms. The molecular weight excluding hydrogens is 1140 g/mol. The highest BCUT2D eigenvalue weighted by Crippen LogP contribution is 2.61. The van der Waals surface area contributed by atoms with Gasteiger partial charge in [-0.25, -0.2) is 0 Å². The maximum atomic E-state index is 10.7. The maximum absolute atomic E-state index is 10.7. The molecule has 5 saturated carbocycles. The predicted octanol–water partition coefficient (Wildman–Crippen LogP) is 14.6. The molecule has 0 heterocycles. The Morgan fingerprint density at radius 2 is 1.31 bits per heavy atom. The maximum Gasteiger partial charge on any atom is 0.147 e. The first kappa shape index (κ1) is 81.2. The molecule has 0 aromatic rings. The summed E-state index contributed by atoms with van der Waals surface area (Å²) < 4.78 is 53.6. The summed E-state index contributed by atoms with van der Waals surface area (Å²) in [4.78, 5) is 2.23. The van der Waals surface area contributed by atoms with Crippen LogP contribution in [0.2, 0.25) is 0 Å². The first-order valence-corrected chi connectivity index (χ1v) is 32.2. The highest BCUT2D eigenvalue weighted by molar-refractivity contribution is 9.11. The molecule has 0 bridgehead atoms. The number of halogens is 1. The topological polar surface area (TPSA) is 173 Å². The molecule has 0 aliphatic heterocycles. The van der Waals surface area contributed by atoms with Gasteiger partial charge in [-0.05, 0) is 180 Å². The van der Waals surface area contributed by atoms with E-state index in [9.17, 15) is 15.3 Å². The number of allylic oxidation sites excluding steroid dienone is 4. The highest BCUT2D eigenvalue weighted by Gasteiger charge is 2.52. The van der Waals surface area contributed by atoms with Crippen molar-refractivity contribution in [3.63, 3.8) is 0 Å². The third-order valence-corrected chi connectivity index (χ3v) is 19.6. The van der Waals surface area contributed by atoms with E-state index in [1.54, 1.807) is 40.1 Å². The molecule has 5 aliphatic rings. The summed E-state index contributed by atoms with van der Waals surface area (Å²) in [5.74, 6) is 7.08. The fourth-order valence-corrected chi connectivity index (χ4v) is 15.2. The smallest absolute Gasteiger partial charge is 0.147 e. The van der Waals surface area contributed by atoms with Gasteiger partial charge in [0.05, 0.1) is 23.9 Å². The number of rotatable bonds is 35. The Bertz CT molecular complexity index is 1960. The summed E-state index contributed by atoms with van der Waals surface area (Å²) in [7, 11) is 6.35. The lowest BCUT2D eigenvalue weighted by Crippen LogP contribution is -2.45. The molecule has 15 heteroatoms. The molecular formula is C70H125BrO14. The van der Waals surface area contributed by atoms with Crippen molar-refractivity contribution in [1.29, 1.82) is 0 Å². The van der Waals surface area contributed by atoms with Crippen molar-refractivity contribution in [2.75, 3.05) is 82.0 Å². The molecule has 0 aromatic heterocycles. The van der Waals surface area contributed by atoms with Crippen LogP contribution in [-0.2, 0) is 47.4 Å². The Morgan fingerprint density at radius 3 is 1.85 bits per heavy atom. The van der Waals surface area contributed by atoms with E-state index in [1.165, 1.54) is 82.6 Å². The van der Waals surface area contributed by atoms with Gasteiger partial charge in [0.2, 0.25) is 0 Å². The van der Waals surface area contributed by atoms with Gasteiger partial charge < -0.3 is 67.8 Å². The summed E-state index contributed by atoms with van der Waals surface area (Å²) in [5, 5.41) is 40.4. The monoisotopic (exact) mass is 1270 g/mol. The van der Waals surface area contributed by atoms with Crippen LogP contribution < -0.4 is 0 Å².